The Morgan fingerprint density at radius 3 is 2.58 bits per heavy atom. The Hall–Kier alpha value is -2.54. The minimum absolute atomic E-state index is 0.0509. The number of hydrogen-bond donors (Lipinski definition) is 1. The number of nitrogens with one attached hydrogen (secondary N) is 1. The molecule has 31 heavy (non-hydrogen) atoms. The predicted octanol–water partition coefficient (Wildman–Crippen LogP) is 4.29. The second-order valence-corrected chi connectivity index (χ2v) is 9.42. The molecular weight excluding hydrogens is 388 g/mol. The van der Waals surface area contributed by atoms with Crippen molar-refractivity contribution >= 4 is 10.9 Å². The summed E-state index contributed by atoms with van der Waals surface area (Å²) in [6.07, 6.45) is 10.7. The number of H-pyrrole nitrogens is 1. The van der Waals surface area contributed by atoms with Gasteiger partial charge in [0.1, 0.15) is 6.04 Å². The standard InChI is InChI=1S/C24H32N6O/c1-16-12-13-21-17(14-16)15-20(24(31)25-21)22(29(2)18-8-4-3-5-9-18)23-26-27-28-30(23)19-10-6-7-11-19/h12-15,18-19,22H,3-11H2,1-2H3,(H,25,31). The molecule has 2 fully saturated rings. The summed E-state index contributed by atoms with van der Waals surface area (Å²) in [5.74, 6) is 0.803. The number of aryl methyl sites for hydroxylation is 1. The van der Waals surface area contributed by atoms with Crippen LogP contribution in [0.2, 0.25) is 0 Å². The van der Waals surface area contributed by atoms with Crippen molar-refractivity contribution in [3.63, 3.8) is 0 Å². The number of fused-ring (bicyclic) bond motifs is 1. The van der Waals surface area contributed by atoms with Crippen LogP contribution in [0, 0.1) is 6.92 Å². The van der Waals surface area contributed by atoms with Crippen LogP contribution in [0.5, 0.6) is 0 Å². The smallest absolute Gasteiger partial charge is 0.253 e. The van der Waals surface area contributed by atoms with Gasteiger partial charge in [-0.05, 0) is 73.7 Å². The zero-order valence-corrected chi connectivity index (χ0v) is 18.5. The van der Waals surface area contributed by atoms with Crippen LogP contribution >= 0.6 is 0 Å². The second kappa shape index (κ2) is 8.54. The quantitative estimate of drug-likeness (QED) is 0.666. The summed E-state index contributed by atoms with van der Waals surface area (Å²) in [4.78, 5) is 18.8. The molecule has 0 aliphatic heterocycles. The average Bonchev–Trinajstić information content (AvgIpc) is 3.47. The van der Waals surface area contributed by atoms with Crippen LogP contribution in [-0.2, 0) is 0 Å². The van der Waals surface area contributed by atoms with Crippen molar-refractivity contribution in [2.75, 3.05) is 7.05 Å². The van der Waals surface area contributed by atoms with E-state index in [0.717, 1.165) is 48.0 Å². The Balaban J connectivity index is 1.64. The van der Waals surface area contributed by atoms with Gasteiger partial charge in [-0.2, -0.15) is 0 Å². The molecule has 7 nitrogen and oxygen atoms in total. The third-order valence-electron chi connectivity index (χ3n) is 7.31. The number of hydrogen-bond acceptors (Lipinski definition) is 5. The summed E-state index contributed by atoms with van der Waals surface area (Å²) < 4.78 is 2.01. The van der Waals surface area contributed by atoms with Crippen LogP contribution in [0.15, 0.2) is 29.1 Å². The van der Waals surface area contributed by atoms with Gasteiger partial charge in [-0.15, -0.1) is 5.10 Å². The summed E-state index contributed by atoms with van der Waals surface area (Å²) in [7, 11) is 2.15. The summed E-state index contributed by atoms with van der Waals surface area (Å²) >= 11 is 0. The maximum absolute atomic E-state index is 13.3. The van der Waals surface area contributed by atoms with Gasteiger partial charge in [-0.3, -0.25) is 9.69 Å². The molecular formula is C24H32N6O. The fraction of sp³-hybridized carbons (Fsp3) is 0.583. The molecule has 2 heterocycles. The van der Waals surface area contributed by atoms with Crippen LogP contribution in [0.3, 0.4) is 0 Å². The van der Waals surface area contributed by atoms with E-state index in [1.165, 1.54) is 37.7 Å². The van der Waals surface area contributed by atoms with Crippen molar-refractivity contribution in [2.24, 2.45) is 0 Å². The molecule has 3 aromatic rings. The van der Waals surface area contributed by atoms with Crippen LogP contribution in [0.4, 0.5) is 0 Å². The van der Waals surface area contributed by atoms with Gasteiger partial charge in [0.25, 0.3) is 5.56 Å². The first-order chi connectivity index (χ1) is 15.1. The number of aromatic nitrogens is 5. The van der Waals surface area contributed by atoms with Gasteiger partial charge in [-0.1, -0.05) is 43.7 Å². The van der Waals surface area contributed by atoms with E-state index in [2.05, 4.69) is 51.5 Å². The SMILES string of the molecule is Cc1ccc2[nH]c(=O)c(C(c3nnnn3C3CCCC3)N(C)C3CCCCC3)cc2c1. The van der Waals surface area contributed by atoms with E-state index in [9.17, 15) is 4.79 Å². The topological polar surface area (TPSA) is 79.7 Å². The molecule has 2 aromatic heterocycles. The van der Waals surface area contributed by atoms with E-state index in [4.69, 9.17) is 0 Å². The Bertz CT molecular complexity index is 1110. The normalized spacial score (nSPS) is 19.5. The number of benzene rings is 1. The van der Waals surface area contributed by atoms with Crippen molar-refractivity contribution < 1.29 is 0 Å². The third-order valence-corrected chi connectivity index (χ3v) is 7.31. The molecule has 1 N–H and O–H groups in total. The molecule has 5 rings (SSSR count). The minimum Gasteiger partial charge on any atom is -0.322 e. The summed E-state index contributed by atoms with van der Waals surface area (Å²) in [5.41, 5.74) is 2.73. The fourth-order valence-electron chi connectivity index (χ4n) is 5.58. The number of pyridine rings is 1. The molecule has 1 aromatic carbocycles. The fourth-order valence-corrected chi connectivity index (χ4v) is 5.58. The molecule has 2 saturated carbocycles. The van der Waals surface area contributed by atoms with Gasteiger partial charge < -0.3 is 4.98 Å². The molecule has 0 radical (unpaired) electrons. The maximum Gasteiger partial charge on any atom is 0.253 e. The number of aromatic amines is 1. The van der Waals surface area contributed by atoms with Gasteiger partial charge >= 0.3 is 0 Å². The van der Waals surface area contributed by atoms with E-state index < -0.39 is 0 Å². The van der Waals surface area contributed by atoms with Crippen molar-refractivity contribution in [1.29, 1.82) is 0 Å². The van der Waals surface area contributed by atoms with Crippen LogP contribution in [-0.4, -0.2) is 43.2 Å². The third kappa shape index (κ3) is 3.91. The predicted molar refractivity (Wildman–Crippen MR) is 121 cm³/mol. The highest BCUT2D eigenvalue weighted by molar-refractivity contribution is 5.79. The van der Waals surface area contributed by atoms with E-state index in [1.807, 2.05) is 16.8 Å². The van der Waals surface area contributed by atoms with Crippen LogP contribution in [0.1, 0.15) is 86.8 Å². The molecule has 0 amide bonds. The highest BCUT2D eigenvalue weighted by atomic mass is 16.1. The summed E-state index contributed by atoms with van der Waals surface area (Å²) in [6.45, 7) is 2.08. The van der Waals surface area contributed by atoms with Gasteiger partial charge in [0.05, 0.1) is 6.04 Å². The molecule has 1 unspecified atom stereocenters. The zero-order valence-electron chi connectivity index (χ0n) is 18.5. The zero-order chi connectivity index (χ0) is 21.4. The summed E-state index contributed by atoms with van der Waals surface area (Å²) in [6, 6.07) is 8.70. The number of tetrazole rings is 1. The first-order valence-corrected chi connectivity index (χ1v) is 11.7. The van der Waals surface area contributed by atoms with E-state index >= 15 is 0 Å². The van der Waals surface area contributed by atoms with E-state index in [1.54, 1.807) is 0 Å². The molecule has 2 aliphatic carbocycles. The van der Waals surface area contributed by atoms with E-state index in [0.29, 0.717) is 12.1 Å². The van der Waals surface area contributed by atoms with Crippen molar-refractivity contribution in [1.82, 2.24) is 30.1 Å². The molecule has 2 aliphatic rings. The van der Waals surface area contributed by atoms with E-state index in [-0.39, 0.29) is 11.6 Å². The average molecular weight is 421 g/mol. The Labute approximate surface area is 182 Å². The largest absolute Gasteiger partial charge is 0.322 e. The molecule has 164 valence electrons. The lowest BCUT2D eigenvalue weighted by molar-refractivity contribution is 0.147. The van der Waals surface area contributed by atoms with Crippen molar-refractivity contribution in [3.8, 4) is 0 Å². The van der Waals surface area contributed by atoms with Crippen LogP contribution in [0.25, 0.3) is 10.9 Å². The first-order valence-electron chi connectivity index (χ1n) is 11.7. The van der Waals surface area contributed by atoms with Crippen molar-refractivity contribution in [2.45, 2.75) is 82.8 Å². The molecule has 0 saturated heterocycles. The monoisotopic (exact) mass is 420 g/mol. The Kier molecular flexibility index (Phi) is 5.61. The van der Waals surface area contributed by atoms with Gasteiger partial charge in [0.2, 0.25) is 0 Å². The Morgan fingerprint density at radius 1 is 1.06 bits per heavy atom. The van der Waals surface area contributed by atoms with Gasteiger partial charge in [0, 0.05) is 17.1 Å². The lowest BCUT2D eigenvalue weighted by Gasteiger charge is -2.36. The van der Waals surface area contributed by atoms with Gasteiger partial charge in [0.15, 0.2) is 5.82 Å². The second-order valence-electron chi connectivity index (χ2n) is 9.42. The highest BCUT2D eigenvalue weighted by Gasteiger charge is 2.34. The highest BCUT2D eigenvalue weighted by Crippen LogP contribution is 2.36. The molecule has 1 atom stereocenters. The number of nitrogens with zero attached hydrogens (tertiary/aromatic N) is 5. The molecule has 0 bridgehead atoms. The Morgan fingerprint density at radius 2 is 1.81 bits per heavy atom. The lowest BCUT2D eigenvalue weighted by Crippen LogP contribution is -2.40. The number of rotatable bonds is 5. The first kappa shape index (κ1) is 20.4. The summed E-state index contributed by atoms with van der Waals surface area (Å²) in [5, 5.41) is 14.0. The van der Waals surface area contributed by atoms with Gasteiger partial charge in [-0.25, -0.2) is 4.68 Å². The molecule has 0 spiro atoms. The minimum atomic E-state index is -0.257. The van der Waals surface area contributed by atoms with Crippen molar-refractivity contribution in [3.05, 3.63) is 51.6 Å². The maximum atomic E-state index is 13.3. The molecule has 7 heteroatoms. The van der Waals surface area contributed by atoms with Crippen LogP contribution < -0.4 is 5.56 Å². The lowest BCUT2D eigenvalue weighted by atomic mass is 9.92.